The molecule has 3 rings (SSSR count). The van der Waals surface area contributed by atoms with E-state index in [1.165, 1.54) is 95.5 Å². The van der Waals surface area contributed by atoms with E-state index < -0.39 is 0 Å². The van der Waals surface area contributed by atoms with E-state index in [1.807, 2.05) is 0 Å². The summed E-state index contributed by atoms with van der Waals surface area (Å²) in [7, 11) is 0. The molecule has 32 heavy (non-hydrogen) atoms. The maximum Gasteiger partial charge on any atom is 0.119 e. The Morgan fingerprint density at radius 2 is 1.47 bits per heavy atom. The summed E-state index contributed by atoms with van der Waals surface area (Å²) in [6, 6.07) is 11.8. The number of hydrogen-bond acceptors (Lipinski definition) is 2. The highest BCUT2D eigenvalue weighted by Crippen LogP contribution is 2.53. The fraction of sp³-hybridized carbons (Fsp3) is 0.767. The van der Waals surface area contributed by atoms with Crippen molar-refractivity contribution in [3.63, 3.8) is 0 Å². The van der Waals surface area contributed by atoms with Crippen molar-refractivity contribution in [1.29, 1.82) is 5.26 Å². The van der Waals surface area contributed by atoms with Gasteiger partial charge in [0.25, 0.3) is 0 Å². The Labute approximate surface area is 198 Å². The van der Waals surface area contributed by atoms with Crippen molar-refractivity contribution in [1.82, 2.24) is 0 Å². The van der Waals surface area contributed by atoms with Gasteiger partial charge in [0.1, 0.15) is 5.75 Å². The zero-order chi connectivity index (χ0) is 22.7. The van der Waals surface area contributed by atoms with Crippen LogP contribution in [0.25, 0.3) is 0 Å². The molecule has 1 aromatic carbocycles. The Bertz CT molecular complexity index is 689. The van der Waals surface area contributed by atoms with Gasteiger partial charge in [0.15, 0.2) is 0 Å². The van der Waals surface area contributed by atoms with E-state index in [0.29, 0.717) is 5.41 Å². The fourth-order valence-corrected chi connectivity index (χ4v) is 6.64. The minimum atomic E-state index is 0.0319. The second-order valence-electron chi connectivity index (χ2n) is 10.8. The molecule has 2 aliphatic rings. The van der Waals surface area contributed by atoms with Crippen LogP contribution in [0, 0.1) is 22.7 Å². The van der Waals surface area contributed by atoms with Gasteiger partial charge < -0.3 is 4.74 Å². The van der Waals surface area contributed by atoms with E-state index in [0.717, 1.165) is 31.6 Å². The molecule has 0 N–H and O–H groups in total. The summed E-state index contributed by atoms with van der Waals surface area (Å²) in [5.41, 5.74) is 1.83. The first-order chi connectivity index (χ1) is 15.7. The minimum Gasteiger partial charge on any atom is -0.494 e. The van der Waals surface area contributed by atoms with Crippen LogP contribution in [0.5, 0.6) is 5.75 Å². The highest BCUT2D eigenvalue weighted by molar-refractivity contribution is 5.35. The van der Waals surface area contributed by atoms with Crippen LogP contribution in [0.4, 0.5) is 0 Å². The summed E-state index contributed by atoms with van der Waals surface area (Å²) >= 11 is 0. The fourth-order valence-electron chi connectivity index (χ4n) is 6.64. The van der Waals surface area contributed by atoms with Gasteiger partial charge in [-0.1, -0.05) is 90.2 Å². The predicted molar refractivity (Wildman–Crippen MR) is 135 cm³/mol. The first-order valence-electron chi connectivity index (χ1n) is 13.8. The maximum atomic E-state index is 10.5. The lowest BCUT2D eigenvalue weighted by atomic mass is 9.56. The Hall–Kier alpha value is -1.49. The third-order valence-electron chi connectivity index (χ3n) is 8.63. The van der Waals surface area contributed by atoms with Crippen LogP contribution in [0.3, 0.4) is 0 Å². The van der Waals surface area contributed by atoms with Gasteiger partial charge in [-0.05, 0) is 68.1 Å². The molecule has 1 aromatic rings. The maximum absolute atomic E-state index is 10.5. The number of benzene rings is 1. The van der Waals surface area contributed by atoms with Crippen molar-refractivity contribution in [3.05, 3.63) is 29.8 Å². The number of nitriles is 1. The molecule has 0 aromatic heterocycles. The molecule has 2 nitrogen and oxygen atoms in total. The van der Waals surface area contributed by atoms with E-state index in [4.69, 9.17) is 4.74 Å². The first-order valence-corrected chi connectivity index (χ1v) is 13.8. The van der Waals surface area contributed by atoms with Gasteiger partial charge in [0, 0.05) is 5.41 Å². The number of unbranched alkanes of at least 4 members (excludes halogenated alkanes) is 3. The Morgan fingerprint density at radius 1 is 0.844 bits per heavy atom. The van der Waals surface area contributed by atoms with Gasteiger partial charge in [-0.15, -0.1) is 0 Å². The van der Waals surface area contributed by atoms with Gasteiger partial charge >= 0.3 is 0 Å². The molecule has 178 valence electrons. The van der Waals surface area contributed by atoms with Crippen LogP contribution < -0.4 is 4.74 Å². The molecular formula is C30H47NO. The van der Waals surface area contributed by atoms with Crippen molar-refractivity contribution >= 4 is 0 Å². The van der Waals surface area contributed by atoms with Gasteiger partial charge in [-0.25, -0.2) is 0 Å². The van der Waals surface area contributed by atoms with Gasteiger partial charge in [-0.2, -0.15) is 5.26 Å². The SMILES string of the molecule is CCCCCC1(CC(C#N)C2(c3ccc(OCCCC)cc3)CCCCC2)CCCCC1. The second kappa shape index (κ2) is 12.7. The Kier molecular flexibility index (Phi) is 9.95. The summed E-state index contributed by atoms with van der Waals surface area (Å²) in [5, 5.41) is 10.5. The smallest absolute Gasteiger partial charge is 0.119 e. The molecule has 0 aliphatic heterocycles. The lowest BCUT2D eigenvalue weighted by Crippen LogP contribution is -2.40. The minimum absolute atomic E-state index is 0.0319. The average molecular weight is 438 g/mol. The quantitative estimate of drug-likeness (QED) is 0.305. The molecule has 0 spiro atoms. The number of ether oxygens (including phenoxy) is 1. The summed E-state index contributed by atoms with van der Waals surface area (Å²) in [6.45, 7) is 5.29. The lowest BCUT2D eigenvalue weighted by molar-refractivity contribution is 0.0968. The number of rotatable bonds is 12. The zero-order valence-electron chi connectivity index (χ0n) is 21.0. The lowest BCUT2D eigenvalue weighted by Gasteiger charge is -2.47. The molecule has 2 aliphatic carbocycles. The molecule has 2 saturated carbocycles. The summed E-state index contributed by atoms with van der Waals surface area (Å²) < 4.78 is 5.94. The van der Waals surface area contributed by atoms with Crippen molar-refractivity contribution < 1.29 is 4.74 Å². The van der Waals surface area contributed by atoms with Gasteiger partial charge in [0.05, 0.1) is 18.6 Å². The average Bonchev–Trinajstić information content (AvgIpc) is 2.84. The Balaban J connectivity index is 1.83. The van der Waals surface area contributed by atoms with Crippen molar-refractivity contribution in [3.8, 4) is 11.8 Å². The van der Waals surface area contributed by atoms with Crippen LogP contribution in [0.15, 0.2) is 24.3 Å². The van der Waals surface area contributed by atoms with Crippen molar-refractivity contribution in [2.24, 2.45) is 11.3 Å². The highest BCUT2D eigenvalue weighted by atomic mass is 16.5. The molecular weight excluding hydrogens is 390 g/mol. The van der Waals surface area contributed by atoms with E-state index in [-0.39, 0.29) is 11.3 Å². The van der Waals surface area contributed by atoms with E-state index in [9.17, 15) is 5.26 Å². The summed E-state index contributed by atoms with van der Waals surface area (Å²) in [6.07, 6.45) is 21.6. The first kappa shape index (κ1) is 25.1. The molecule has 0 saturated heterocycles. The highest BCUT2D eigenvalue weighted by Gasteiger charge is 2.45. The molecule has 1 atom stereocenters. The van der Waals surface area contributed by atoms with Crippen molar-refractivity contribution in [2.45, 2.75) is 128 Å². The van der Waals surface area contributed by atoms with Gasteiger partial charge in [-0.3, -0.25) is 0 Å². The van der Waals surface area contributed by atoms with Crippen LogP contribution in [-0.2, 0) is 5.41 Å². The third-order valence-corrected chi connectivity index (χ3v) is 8.63. The zero-order valence-corrected chi connectivity index (χ0v) is 21.0. The summed E-state index contributed by atoms with van der Waals surface area (Å²) in [4.78, 5) is 0. The second-order valence-corrected chi connectivity index (χ2v) is 10.8. The van der Waals surface area contributed by atoms with E-state index >= 15 is 0 Å². The van der Waals surface area contributed by atoms with Crippen LogP contribution in [0.2, 0.25) is 0 Å². The topological polar surface area (TPSA) is 33.0 Å². The molecule has 1 unspecified atom stereocenters. The molecule has 0 radical (unpaired) electrons. The number of nitrogens with zero attached hydrogens (tertiary/aromatic N) is 1. The van der Waals surface area contributed by atoms with Crippen molar-refractivity contribution in [2.75, 3.05) is 6.61 Å². The van der Waals surface area contributed by atoms with Crippen LogP contribution in [-0.4, -0.2) is 6.61 Å². The monoisotopic (exact) mass is 437 g/mol. The molecule has 2 heteroatoms. The summed E-state index contributed by atoms with van der Waals surface area (Å²) in [5.74, 6) is 1.11. The van der Waals surface area contributed by atoms with Crippen LogP contribution >= 0.6 is 0 Å². The number of hydrogen-bond donors (Lipinski definition) is 0. The Morgan fingerprint density at radius 3 is 2.06 bits per heavy atom. The third kappa shape index (κ3) is 6.30. The normalized spacial score (nSPS) is 20.9. The molecule has 0 amide bonds. The van der Waals surface area contributed by atoms with Gasteiger partial charge in [0.2, 0.25) is 0 Å². The van der Waals surface area contributed by atoms with E-state index in [1.54, 1.807) is 0 Å². The molecule has 2 fully saturated rings. The largest absolute Gasteiger partial charge is 0.494 e. The molecule has 0 heterocycles. The van der Waals surface area contributed by atoms with Crippen LogP contribution in [0.1, 0.15) is 129 Å². The predicted octanol–water partition coefficient (Wildman–Crippen LogP) is 9.13. The molecule has 0 bridgehead atoms. The van der Waals surface area contributed by atoms with E-state index in [2.05, 4.69) is 44.2 Å². The standard InChI is InChI=1S/C30H47NO/c1-3-5-9-18-29(19-10-7-11-20-29)24-27(25-31)30(21-12-8-13-22-30)26-14-16-28(17-15-26)32-23-6-4-2/h14-17,27H,3-13,18-24H2,1-2H3.